The molecule has 1 saturated heterocycles. The SMILES string of the molecule is CNCC1CN(c2ccccc2)C(=O)N1C. The van der Waals surface area contributed by atoms with Gasteiger partial charge in [0.1, 0.15) is 0 Å². The van der Waals surface area contributed by atoms with Gasteiger partial charge >= 0.3 is 6.03 Å². The molecular formula is C12H17N3O. The zero-order valence-electron chi connectivity index (χ0n) is 9.68. The Bertz CT molecular complexity index is 366. The van der Waals surface area contributed by atoms with Crippen LogP contribution in [0.15, 0.2) is 30.3 Å². The van der Waals surface area contributed by atoms with Crippen LogP contribution in [-0.4, -0.2) is 44.2 Å². The van der Waals surface area contributed by atoms with Crippen molar-refractivity contribution in [3.8, 4) is 0 Å². The first kappa shape index (κ1) is 11.0. The Morgan fingerprint density at radius 3 is 2.69 bits per heavy atom. The van der Waals surface area contributed by atoms with Crippen molar-refractivity contribution in [3.63, 3.8) is 0 Å². The van der Waals surface area contributed by atoms with Crippen LogP contribution in [-0.2, 0) is 0 Å². The largest absolute Gasteiger partial charge is 0.324 e. The highest BCUT2D eigenvalue weighted by Crippen LogP contribution is 2.21. The number of rotatable bonds is 3. The van der Waals surface area contributed by atoms with Gasteiger partial charge in [-0.2, -0.15) is 0 Å². The molecule has 1 aromatic rings. The summed E-state index contributed by atoms with van der Waals surface area (Å²) in [7, 11) is 3.76. The third-order valence-electron chi connectivity index (χ3n) is 2.98. The topological polar surface area (TPSA) is 35.6 Å². The minimum atomic E-state index is 0.0754. The average Bonchev–Trinajstić information content (AvgIpc) is 2.59. The van der Waals surface area contributed by atoms with E-state index in [9.17, 15) is 4.79 Å². The first-order valence-corrected chi connectivity index (χ1v) is 5.48. The van der Waals surface area contributed by atoms with E-state index in [1.54, 1.807) is 4.90 Å². The predicted octanol–water partition coefficient (Wildman–Crippen LogP) is 1.15. The van der Waals surface area contributed by atoms with Crippen LogP contribution in [0.4, 0.5) is 10.5 Å². The monoisotopic (exact) mass is 219 g/mol. The fraction of sp³-hybridized carbons (Fsp3) is 0.417. The van der Waals surface area contributed by atoms with Crippen LogP contribution in [0.25, 0.3) is 0 Å². The molecule has 2 amide bonds. The van der Waals surface area contributed by atoms with E-state index in [4.69, 9.17) is 0 Å². The summed E-state index contributed by atoms with van der Waals surface area (Å²) in [6.45, 7) is 1.58. The minimum absolute atomic E-state index is 0.0754. The zero-order chi connectivity index (χ0) is 11.5. The van der Waals surface area contributed by atoms with Crippen LogP contribution in [0.1, 0.15) is 0 Å². The summed E-state index contributed by atoms with van der Waals surface area (Å²) in [6.07, 6.45) is 0. The van der Waals surface area contributed by atoms with Gasteiger partial charge in [-0.1, -0.05) is 18.2 Å². The highest BCUT2D eigenvalue weighted by molar-refractivity contribution is 5.94. The van der Waals surface area contributed by atoms with Gasteiger partial charge in [0.05, 0.1) is 6.04 Å². The molecule has 16 heavy (non-hydrogen) atoms. The van der Waals surface area contributed by atoms with Crippen molar-refractivity contribution < 1.29 is 4.79 Å². The van der Waals surface area contributed by atoms with Gasteiger partial charge in [0.25, 0.3) is 0 Å². The summed E-state index contributed by atoms with van der Waals surface area (Å²) < 4.78 is 0. The molecule has 1 heterocycles. The Morgan fingerprint density at radius 2 is 2.06 bits per heavy atom. The molecule has 1 N–H and O–H groups in total. The molecule has 1 aromatic carbocycles. The number of carbonyl (C=O) groups excluding carboxylic acids is 1. The molecule has 0 bridgehead atoms. The quantitative estimate of drug-likeness (QED) is 0.827. The van der Waals surface area contributed by atoms with Gasteiger partial charge in [0.2, 0.25) is 0 Å². The van der Waals surface area contributed by atoms with E-state index in [0.29, 0.717) is 0 Å². The third kappa shape index (κ3) is 1.88. The summed E-state index contributed by atoms with van der Waals surface area (Å²) in [4.78, 5) is 15.6. The maximum Gasteiger partial charge on any atom is 0.324 e. The maximum atomic E-state index is 12.0. The molecule has 1 aliphatic rings. The second-order valence-electron chi connectivity index (χ2n) is 4.05. The van der Waals surface area contributed by atoms with E-state index in [1.807, 2.05) is 49.3 Å². The summed E-state index contributed by atoms with van der Waals surface area (Å²) in [6, 6.07) is 10.1. The standard InChI is InChI=1S/C12H17N3O/c1-13-8-11-9-15(12(16)14(11)2)10-6-4-3-5-7-10/h3-7,11,13H,8-9H2,1-2H3. The minimum Gasteiger partial charge on any atom is -0.321 e. The zero-order valence-corrected chi connectivity index (χ0v) is 9.68. The first-order chi connectivity index (χ1) is 7.74. The number of nitrogens with one attached hydrogen (secondary N) is 1. The summed E-state index contributed by atoms with van der Waals surface area (Å²) in [5.74, 6) is 0. The molecule has 1 atom stereocenters. The number of hydrogen-bond donors (Lipinski definition) is 1. The lowest BCUT2D eigenvalue weighted by atomic mass is 10.2. The molecule has 4 nitrogen and oxygen atoms in total. The van der Waals surface area contributed by atoms with Crippen molar-refractivity contribution in [3.05, 3.63) is 30.3 Å². The highest BCUT2D eigenvalue weighted by atomic mass is 16.2. The molecular weight excluding hydrogens is 202 g/mol. The Kier molecular flexibility index (Phi) is 3.10. The molecule has 1 unspecified atom stereocenters. The summed E-state index contributed by atoms with van der Waals surface area (Å²) in [5, 5.41) is 3.11. The molecule has 86 valence electrons. The van der Waals surface area contributed by atoms with Crippen LogP contribution in [0, 0.1) is 0 Å². The van der Waals surface area contributed by atoms with Gasteiger partial charge in [-0.05, 0) is 19.2 Å². The van der Waals surface area contributed by atoms with Crippen molar-refractivity contribution in [2.24, 2.45) is 0 Å². The molecule has 0 spiro atoms. The second kappa shape index (κ2) is 4.53. The van der Waals surface area contributed by atoms with Crippen molar-refractivity contribution in [1.29, 1.82) is 0 Å². The fourth-order valence-electron chi connectivity index (χ4n) is 2.02. The normalized spacial score (nSPS) is 20.6. The van der Waals surface area contributed by atoms with Gasteiger partial charge < -0.3 is 10.2 Å². The smallest absolute Gasteiger partial charge is 0.321 e. The second-order valence-corrected chi connectivity index (χ2v) is 4.05. The molecule has 0 aliphatic carbocycles. The van der Waals surface area contributed by atoms with Gasteiger partial charge in [-0.25, -0.2) is 4.79 Å². The van der Waals surface area contributed by atoms with Gasteiger partial charge in [0, 0.05) is 25.8 Å². The van der Waals surface area contributed by atoms with Crippen LogP contribution in [0.3, 0.4) is 0 Å². The molecule has 1 aliphatic heterocycles. The van der Waals surface area contributed by atoms with Crippen molar-refractivity contribution in [2.75, 3.05) is 32.1 Å². The molecule has 0 saturated carbocycles. The third-order valence-corrected chi connectivity index (χ3v) is 2.98. The number of amides is 2. The molecule has 4 heteroatoms. The summed E-state index contributed by atoms with van der Waals surface area (Å²) in [5.41, 5.74) is 0.970. The number of urea groups is 1. The first-order valence-electron chi connectivity index (χ1n) is 5.48. The van der Waals surface area contributed by atoms with Gasteiger partial charge in [0.15, 0.2) is 0 Å². The molecule has 0 aromatic heterocycles. The Labute approximate surface area is 95.8 Å². The molecule has 0 radical (unpaired) electrons. The number of likely N-dealkylation sites (N-methyl/N-ethyl adjacent to an activating group) is 2. The highest BCUT2D eigenvalue weighted by Gasteiger charge is 2.34. The van der Waals surface area contributed by atoms with Gasteiger partial charge in [-0.15, -0.1) is 0 Å². The lowest BCUT2D eigenvalue weighted by Crippen LogP contribution is -2.37. The van der Waals surface area contributed by atoms with Crippen LogP contribution >= 0.6 is 0 Å². The average molecular weight is 219 g/mol. The molecule has 2 rings (SSSR count). The number of nitrogens with zero attached hydrogens (tertiary/aromatic N) is 2. The fourth-order valence-corrected chi connectivity index (χ4v) is 2.02. The Morgan fingerprint density at radius 1 is 1.38 bits per heavy atom. The van der Waals surface area contributed by atoms with E-state index in [2.05, 4.69) is 5.32 Å². The lowest BCUT2D eigenvalue weighted by molar-refractivity contribution is 0.218. The van der Waals surface area contributed by atoms with E-state index in [-0.39, 0.29) is 12.1 Å². The number of para-hydroxylation sites is 1. The van der Waals surface area contributed by atoms with Crippen LogP contribution < -0.4 is 10.2 Å². The maximum absolute atomic E-state index is 12.0. The predicted molar refractivity (Wildman–Crippen MR) is 64.7 cm³/mol. The van der Waals surface area contributed by atoms with Crippen LogP contribution in [0.5, 0.6) is 0 Å². The van der Waals surface area contributed by atoms with Crippen molar-refractivity contribution in [2.45, 2.75) is 6.04 Å². The van der Waals surface area contributed by atoms with E-state index >= 15 is 0 Å². The number of hydrogen-bond acceptors (Lipinski definition) is 2. The van der Waals surface area contributed by atoms with Gasteiger partial charge in [-0.3, -0.25) is 4.90 Å². The Balaban J connectivity index is 2.16. The van der Waals surface area contributed by atoms with Crippen LogP contribution in [0.2, 0.25) is 0 Å². The van der Waals surface area contributed by atoms with Crippen molar-refractivity contribution in [1.82, 2.24) is 10.2 Å². The number of carbonyl (C=O) groups is 1. The Hall–Kier alpha value is -1.55. The van der Waals surface area contributed by atoms with E-state index in [1.165, 1.54) is 0 Å². The lowest BCUT2D eigenvalue weighted by Gasteiger charge is -2.16. The summed E-state index contributed by atoms with van der Waals surface area (Å²) >= 11 is 0. The van der Waals surface area contributed by atoms with E-state index in [0.717, 1.165) is 18.8 Å². The number of benzene rings is 1. The van der Waals surface area contributed by atoms with Crippen molar-refractivity contribution >= 4 is 11.7 Å². The number of anilines is 1. The molecule has 1 fully saturated rings. The van der Waals surface area contributed by atoms with E-state index < -0.39 is 0 Å².